The van der Waals surface area contributed by atoms with Crippen molar-refractivity contribution in [2.24, 2.45) is 0 Å². The molecule has 0 saturated heterocycles. The molecule has 0 atom stereocenters. The zero-order valence-electron chi connectivity index (χ0n) is 16.6. The molecule has 0 bridgehead atoms. The molecule has 5 heteroatoms. The molecule has 3 aromatic rings. The molecule has 0 saturated carbocycles. The molecule has 0 amide bonds. The predicted molar refractivity (Wildman–Crippen MR) is 124 cm³/mol. The summed E-state index contributed by atoms with van der Waals surface area (Å²) in [6.45, 7) is 4.56. The van der Waals surface area contributed by atoms with Crippen LogP contribution in [0.3, 0.4) is 0 Å². The van der Waals surface area contributed by atoms with Gasteiger partial charge in [0.15, 0.2) is 5.76 Å². The van der Waals surface area contributed by atoms with E-state index >= 15 is 0 Å². The maximum absolute atomic E-state index is 12.0. The van der Waals surface area contributed by atoms with Gasteiger partial charge in [0.2, 0.25) is 11.2 Å². The third-order valence-electron chi connectivity index (χ3n) is 4.41. The normalized spacial score (nSPS) is 10.7. The van der Waals surface area contributed by atoms with Gasteiger partial charge < -0.3 is 9.52 Å². The van der Waals surface area contributed by atoms with Crippen LogP contribution in [0.1, 0.15) is 39.5 Å². The standard InChI is InChI=1S/C15H10O3.2C4H9.BrH.Sn/c16-13-11-8-4-5-9-12(11)18-15(14(13)17)10-6-2-1-3-7-10;2*1-3-4-2;;/h1-9,17H;2*1,3-4H2,2H3;1H;/q;;;;+1/p-1. The van der Waals surface area contributed by atoms with Crippen LogP contribution in [0.15, 0.2) is 63.8 Å². The third kappa shape index (κ3) is 6.66. The van der Waals surface area contributed by atoms with E-state index in [0.29, 0.717) is 16.5 Å². The smallest absolute Gasteiger partial charge is 0.235 e. The van der Waals surface area contributed by atoms with Crippen molar-refractivity contribution in [3.05, 3.63) is 64.8 Å². The van der Waals surface area contributed by atoms with E-state index in [9.17, 15) is 9.90 Å². The van der Waals surface area contributed by atoms with Crippen LogP contribution < -0.4 is 5.43 Å². The first kappa shape index (κ1) is 23.0. The van der Waals surface area contributed by atoms with Crippen molar-refractivity contribution in [2.45, 2.75) is 48.4 Å². The van der Waals surface area contributed by atoms with Crippen LogP contribution >= 0.6 is 12.7 Å². The van der Waals surface area contributed by atoms with Crippen LogP contribution in [-0.2, 0) is 0 Å². The average molecular weight is 551 g/mol. The second-order valence-corrected chi connectivity index (χ2v) is 20.0. The van der Waals surface area contributed by atoms with Gasteiger partial charge in [0.05, 0.1) is 5.39 Å². The molecule has 0 spiro atoms. The van der Waals surface area contributed by atoms with E-state index in [1.165, 1.54) is 25.7 Å². The third-order valence-corrected chi connectivity index (χ3v) is 14.8. The fourth-order valence-electron chi connectivity index (χ4n) is 2.78. The van der Waals surface area contributed by atoms with Crippen molar-refractivity contribution < 1.29 is 9.52 Å². The first-order chi connectivity index (χ1) is 13.6. The van der Waals surface area contributed by atoms with Crippen LogP contribution in [0.25, 0.3) is 22.3 Å². The van der Waals surface area contributed by atoms with Crippen molar-refractivity contribution in [1.82, 2.24) is 0 Å². The summed E-state index contributed by atoms with van der Waals surface area (Å²) >= 11 is 2.95. The average Bonchev–Trinajstić information content (AvgIpc) is 2.74. The Morgan fingerprint density at radius 2 is 1.50 bits per heavy atom. The summed E-state index contributed by atoms with van der Waals surface area (Å²) in [6.07, 6.45) is 5.68. The van der Waals surface area contributed by atoms with Crippen LogP contribution in [-0.4, -0.2) is 22.6 Å². The van der Waals surface area contributed by atoms with E-state index in [-0.39, 0.29) is 11.5 Å². The Kier molecular flexibility index (Phi) is 10.1. The molecule has 0 aliphatic heterocycles. The number of unbranched alkanes of at least 4 members (excludes halogenated alkanes) is 2. The molecule has 149 valence electrons. The molecule has 0 unspecified atom stereocenters. The van der Waals surface area contributed by atoms with Crippen LogP contribution in [0.4, 0.5) is 0 Å². The number of fused-ring (bicyclic) bond motifs is 1. The molecule has 3 rings (SSSR count). The summed E-state index contributed by atoms with van der Waals surface area (Å²) in [5.41, 5.74) is 0.743. The van der Waals surface area contributed by atoms with Crippen LogP contribution in [0.5, 0.6) is 5.75 Å². The zero-order valence-corrected chi connectivity index (χ0v) is 21.0. The van der Waals surface area contributed by atoms with Crippen molar-refractivity contribution >= 4 is 41.2 Å². The summed E-state index contributed by atoms with van der Waals surface area (Å²) in [5, 5.41) is 10.3. The second kappa shape index (κ2) is 12.3. The summed E-state index contributed by atoms with van der Waals surface area (Å²) in [5.74, 6) is -0.140. The summed E-state index contributed by atoms with van der Waals surface area (Å²) in [4.78, 5) is 12.0. The van der Waals surface area contributed by atoms with Gasteiger partial charge in [-0.25, -0.2) is 0 Å². The van der Waals surface area contributed by atoms with Gasteiger partial charge in [-0.15, -0.1) is 0 Å². The quantitative estimate of drug-likeness (QED) is 0.318. The van der Waals surface area contributed by atoms with Gasteiger partial charge in [-0.2, -0.15) is 0 Å². The molecule has 0 aliphatic carbocycles. The fraction of sp³-hybridized carbons (Fsp3) is 0.348. The van der Waals surface area contributed by atoms with Gasteiger partial charge in [0.25, 0.3) is 0 Å². The van der Waals surface area contributed by atoms with Gasteiger partial charge in [-0.3, -0.25) is 4.79 Å². The number of aromatic hydroxyl groups is 1. The number of rotatable bonds is 7. The molecule has 1 heterocycles. The number of hydrogen-bond acceptors (Lipinski definition) is 3. The summed E-state index contributed by atoms with van der Waals surface area (Å²) in [6, 6.07) is 15.9. The minimum Gasteiger partial charge on any atom is -0.502 e. The van der Waals surface area contributed by atoms with Gasteiger partial charge in [-0.1, -0.05) is 42.5 Å². The Bertz CT molecular complexity index is 901. The first-order valence-corrected chi connectivity index (χ1v) is 20.3. The SMILES string of the molecule is CCC[CH2][Sn]([Br])[CH2]CCC.O=c1c(O)c(-c2ccccc2)oc2ccccc12. The second-order valence-electron chi connectivity index (χ2n) is 6.70. The molecule has 1 aromatic heterocycles. The molecule has 1 N–H and O–H groups in total. The van der Waals surface area contributed by atoms with Crippen molar-refractivity contribution in [3.8, 4) is 17.1 Å². The Balaban J connectivity index is 0.000000242. The maximum atomic E-state index is 12.0. The molecule has 0 fully saturated rings. The van der Waals surface area contributed by atoms with Crippen molar-refractivity contribution in [1.29, 1.82) is 0 Å². The zero-order chi connectivity index (χ0) is 20.4. The molecular formula is C23H28BrO3Sn. The molecule has 0 aliphatic rings. The molecular weight excluding hydrogens is 523 g/mol. The van der Waals surface area contributed by atoms with E-state index in [4.69, 9.17) is 4.42 Å². The van der Waals surface area contributed by atoms with Crippen LogP contribution in [0.2, 0.25) is 8.87 Å². The minimum absolute atomic E-state index is 0.208. The minimum atomic E-state index is -0.928. The molecule has 2 aromatic carbocycles. The maximum Gasteiger partial charge on any atom is 0.235 e. The number of halogens is 1. The Hall–Kier alpha value is -1.27. The Labute approximate surface area is 180 Å². The van der Waals surface area contributed by atoms with Gasteiger partial charge >= 0.3 is 78.6 Å². The van der Waals surface area contributed by atoms with Gasteiger partial charge in [0, 0.05) is 5.56 Å². The summed E-state index contributed by atoms with van der Waals surface area (Å²) < 4.78 is 8.72. The largest absolute Gasteiger partial charge is 0.502 e. The van der Waals surface area contributed by atoms with Crippen molar-refractivity contribution in [2.75, 3.05) is 0 Å². The van der Waals surface area contributed by atoms with E-state index in [0.717, 1.165) is 0 Å². The van der Waals surface area contributed by atoms with E-state index in [1.54, 1.807) is 45.3 Å². The van der Waals surface area contributed by atoms with Crippen LogP contribution in [0, 0.1) is 0 Å². The number of para-hydroxylation sites is 1. The van der Waals surface area contributed by atoms with E-state index in [2.05, 4.69) is 26.6 Å². The van der Waals surface area contributed by atoms with Gasteiger partial charge in [0.1, 0.15) is 5.58 Å². The number of hydrogen-bond donors (Lipinski definition) is 1. The number of benzene rings is 2. The Morgan fingerprint density at radius 1 is 0.929 bits per heavy atom. The van der Waals surface area contributed by atoms with Crippen molar-refractivity contribution in [3.63, 3.8) is 0 Å². The first-order valence-electron chi connectivity index (χ1n) is 9.88. The van der Waals surface area contributed by atoms with E-state index < -0.39 is 23.0 Å². The molecule has 28 heavy (non-hydrogen) atoms. The molecule has 1 radical (unpaired) electrons. The van der Waals surface area contributed by atoms with Gasteiger partial charge in [-0.05, 0) is 12.1 Å². The summed E-state index contributed by atoms with van der Waals surface area (Å²) in [7, 11) is 0. The van der Waals surface area contributed by atoms with E-state index in [1.807, 2.05) is 18.2 Å². The fourth-order valence-corrected chi connectivity index (χ4v) is 11.5. The molecule has 3 nitrogen and oxygen atoms in total. The monoisotopic (exact) mass is 551 g/mol. The topological polar surface area (TPSA) is 50.4 Å². The predicted octanol–water partition coefficient (Wildman–Crippen LogP) is 7.14. The Morgan fingerprint density at radius 3 is 2.11 bits per heavy atom.